The lowest BCUT2D eigenvalue weighted by Crippen LogP contribution is -2.24. The minimum absolute atomic E-state index is 0.130. The quantitative estimate of drug-likeness (QED) is 0.439. The predicted molar refractivity (Wildman–Crippen MR) is 116 cm³/mol. The normalized spacial score (nSPS) is 19.4. The van der Waals surface area contributed by atoms with Gasteiger partial charge in [-0.3, -0.25) is 4.79 Å². The smallest absolute Gasteiger partial charge is 0.306 e. The first-order chi connectivity index (χ1) is 15.7. The Morgan fingerprint density at radius 1 is 1.00 bits per heavy atom. The van der Waals surface area contributed by atoms with E-state index in [4.69, 9.17) is 18.6 Å². The van der Waals surface area contributed by atoms with Gasteiger partial charge in [0, 0.05) is 0 Å². The van der Waals surface area contributed by atoms with E-state index in [-0.39, 0.29) is 24.1 Å². The molecule has 0 aliphatic carbocycles. The summed E-state index contributed by atoms with van der Waals surface area (Å²) in [6, 6.07) is 19.6. The molecule has 7 nitrogen and oxygen atoms in total. The van der Waals surface area contributed by atoms with Crippen LogP contribution < -0.4 is 0 Å². The van der Waals surface area contributed by atoms with Gasteiger partial charge in [0.15, 0.2) is 0 Å². The number of carbonyl (C=O) groups is 1. The molecular formula is C25H28N2O5. The molecule has 0 amide bonds. The first-order valence-corrected chi connectivity index (χ1v) is 11.0. The number of rotatable bonds is 9. The first kappa shape index (κ1) is 22.2. The van der Waals surface area contributed by atoms with E-state index in [2.05, 4.69) is 10.2 Å². The molecule has 1 fully saturated rings. The zero-order valence-electron chi connectivity index (χ0n) is 18.2. The molecular weight excluding hydrogens is 408 g/mol. The van der Waals surface area contributed by atoms with Crippen LogP contribution in [0, 0.1) is 5.92 Å². The first-order valence-electron chi connectivity index (χ1n) is 11.0. The molecule has 0 spiro atoms. The maximum Gasteiger partial charge on any atom is 0.306 e. The van der Waals surface area contributed by atoms with Gasteiger partial charge in [0.05, 0.1) is 19.6 Å². The van der Waals surface area contributed by atoms with Crippen molar-refractivity contribution in [3.05, 3.63) is 83.6 Å². The molecule has 0 unspecified atom stereocenters. The number of hydrogen-bond acceptors (Lipinski definition) is 7. The highest BCUT2D eigenvalue weighted by Gasteiger charge is 2.29. The maximum absolute atomic E-state index is 12.1. The van der Waals surface area contributed by atoms with E-state index in [1.54, 1.807) is 0 Å². The Hall–Kier alpha value is -3.03. The van der Waals surface area contributed by atoms with Crippen molar-refractivity contribution in [2.75, 3.05) is 6.61 Å². The standard InChI is InChI=1S/C25H28N2O5/c1-18(29-15-19-8-4-2-5-9-19)24-26-27-25(32-24)22-13-12-21(17-30-22)14-23(28)31-16-20-10-6-3-7-11-20/h2-11,18,21-22H,12-17H2,1H3/t18-,21+,22+/m1/s1. The van der Waals surface area contributed by atoms with Crippen molar-refractivity contribution in [1.82, 2.24) is 10.2 Å². The van der Waals surface area contributed by atoms with Crippen LogP contribution in [0.2, 0.25) is 0 Å². The number of nitrogens with zero attached hydrogens (tertiary/aromatic N) is 2. The molecule has 0 bridgehead atoms. The van der Waals surface area contributed by atoms with Gasteiger partial charge in [-0.2, -0.15) is 0 Å². The summed E-state index contributed by atoms with van der Waals surface area (Å²) in [5, 5.41) is 8.28. The Morgan fingerprint density at radius 3 is 2.34 bits per heavy atom. The van der Waals surface area contributed by atoms with Gasteiger partial charge in [-0.15, -0.1) is 10.2 Å². The van der Waals surface area contributed by atoms with Crippen LogP contribution in [0.15, 0.2) is 65.1 Å². The van der Waals surface area contributed by atoms with Gasteiger partial charge in [0.1, 0.15) is 18.8 Å². The summed E-state index contributed by atoms with van der Waals surface area (Å²) in [6.45, 7) is 3.12. The van der Waals surface area contributed by atoms with Crippen LogP contribution >= 0.6 is 0 Å². The van der Waals surface area contributed by atoms with E-state index in [1.807, 2.05) is 67.6 Å². The summed E-state index contributed by atoms with van der Waals surface area (Å²) in [5.74, 6) is 0.821. The monoisotopic (exact) mass is 436 g/mol. The number of hydrogen-bond donors (Lipinski definition) is 0. The Bertz CT molecular complexity index is 968. The molecule has 2 heterocycles. The number of ether oxygens (including phenoxy) is 3. The fourth-order valence-corrected chi connectivity index (χ4v) is 3.60. The summed E-state index contributed by atoms with van der Waals surface area (Å²) in [7, 11) is 0. The van der Waals surface area contributed by atoms with Gasteiger partial charge in [0.25, 0.3) is 0 Å². The van der Waals surface area contributed by atoms with E-state index in [0.29, 0.717) is 38.0 Å². The second-order valence-corrected chi connectivity index (χ2v) is 8.03. The zero-order chi connectivity index (χ0) is 22.2. The van der Waals surface area contributed by atoms with Crippen molar-refractivity contribution in [3.63, 3.8) is 0 Å². The number of esters is 1. The fourth-order valence-electron chi connectivity index (χ4n) is 3.60. The summed E-state index contributed by atoms with van der Waals surface area (Å²) in [5.41, 5.74) is 2.07. The van der Waals surface area contributed by atoms with E-state index in [9.17, 15) is 4.79 Å². The van der Waals surface area contributed by atoms with Crippen LogP contribution in [0.1, 0.15) is 61.3 Å². The maximum atomic E-state index is 12.1. The Kier molecular flexibility index (Phi) is 7.64. The molecule has 0 radical (unpaired) electrons. The second kappa shape index (κ2) is 11.0. The van der Waals surface area contributed by atoms with Gasteiger partial charge in [0.2, 0.25) is 11.8 Å². The van der Waals surface area contributed by atoms with Gasteiger partial charge in [-0.25, -0.2) is 0 Å². The molecule has 4 rings (SSSR count). The Labute approximate surface area is 187 Å². The van der Waals surface area contributed by atoms with Crippen molar-refractivity contribution in [3.8, 4) is 0 Å². The molecule has 2 aromatic carbocycles. The Balaban J connectivity index is 1.19. The molecule has 3 aromatic rings. The SMILES string of the molecule is C[C@@H](OCc1ccccc1)c1nnc([C@@H]2CC[C@@H](CC(=O)OCc3ccccc3)CO2)o1. The van der Waals surface area contributed by atoms with Crippen LogP contribution in [0.25, 0.3) is 0 Å². The molecule has 0 saturated carbocycles. The molecule has 1 aromatic heterocycles. The Morgan fingerprint density at radius 2 is 1.69 bits per heavy atom. The van der Waals surface area contributed by atoms with Crippen LogP contribution in [0.5, 0.6) is 0 Å². The third kappa shape index (κ3) is 6.24. The van der Waals surface area contributed by atoms with Crippen LogP contribution in [0.3, 0.4) is 0 Å². The molecule has 0 N–H and O–H groups in total. The van der Waals surface area contributed by atoms with Crippen molar-refractivity contribution in [2.45, 2.75) is 51.6 Å². The predicted octanol–water partition coefficient (Wildman–Crippen LogP) is 4.95. The van der Waals surface area contributed by atoms with Crippen LogP contribution in [-0.2, 0) is 32.2 Å². The molecule has 32 heavy (non-hydrogen) atoms. The number of aromatic nitrogens is 2. The lowest BCUT2D eigenvalue weighted by Gasteiger charge is -2.26. The van der Waals surface area contributed by atoms with E-state index >= 15 is 0 Å². The van der Waals surface area contributed by atoms with Crippen molar-refractivity contribution in [1.29, 1.82) is 0 Å². The van der Waals surface area contributed by atoms with E-state index < -0.39 is 0 Å². The average Bonchev–Trinajstić information content (AvgIpc) is 3.34. The molecule has 1 saturated heterocycles. The highest BCUT2D eigenvalue weighted by atomic mass is 16.5. The average molecular weight is 437 g/mol. The highest BCUT2D eigenvalue weighted by molar-refractivity contribution is 5.69. The highest BCUT2D eigenvalue weighted by Crippen LogP contribution is 2.32. The van der Waals surface area contributed by atoms with Gasteiger partial charge in [-0.05, 0) is 36.8 Å². The number of benzene rings is 2. The molecule has 1 aliphatic rings. The fraction of sp³-hybridized carbons (Fsp3) is 0.400. The minimum Gasteiger partial charge on any atom is -0.461 e. The van der Waals surface area contributed by atoms with Crippen molar-refractivity contribution in [2.24, 2.45) is 5.92 Å². The lowest BCUT2D eigenvalue weighted by molar-refractivity contribution is -0.148. The summed E-state index contributed by atoms with van der Waals surface area (Å²) in [6.07, 6.45) is 1.33. The molecule has 1 aliphatic heterocycles. The second-order valence-electron chi connectivity index (χ2n) is 8.03. The molecule has 7 heteroatoms. The summed E-state index contributed by atoms with van der Waals surface area (Å²) in [4.78, 5) is 12.1. The third-order valence-corrected chi connectivity index (χ3v) is 5.49. The van der Waals surface area contributed by atoms with Crippen LogP contribution in [-0.4, -0.2) is 22.8 Å². The third-order valence-electron chi connectivity index (χ3n) is 5.49. The number of carbonyl (C=O) groups excluding carboxylic acids is 1. The van der Waals surface area contributed by atoms with E-state index in [1.165, 1.54) is 0 Å². The molecule has 3 atom stereocenters. The van der Waals surface area contributed by atoms with E-state index in [0.717, 1.165) is 24.0 Å². The summed E-state index contributed by atoms with van der Waals surface area (Å²) >= 11 is 0. The van der Waals surface area contributed by atoms with Crippen molar-refractivity contribution >= 4 is 5.97 Å². The van der Waals surface area contributed by atoms with Gasteiger partial charge >= 0.3 is 5.97 Å². The largest absolute Gasteiger partial charge is 0.461 e. The topological polar surface area (TPSA) is 83.7 Å². The summed E-state index contributed by atoms with van der Waals surface area (Å²) < 4.78 is 23.0. The van der Waals surface area contributed by atoms with Crippen molar-refractivity contribution < 1.29 is 23.4 Å². The van der Waals surface area contributed by atoms with Gasteiger partial charge < -0.3 is 18.6 Å². The van der Waals surface area contributed by atoms with Gasteiger partial charge in [-0.1, -0.05) is 60.7 Å². The molecule has 168 valence electrons. The lowest BCUT2D eigenvalue weighted by atomic mass is 9.95. The zero-order valence-corrected chi connectivity index (χ0v) is 18.2. The minimum atomic E-state index is -0.313. The van der Waals surface area contributed by atoms with Crippen LogP contribution in [0.4, 0.5) is 0 Å².